The summed E-state index contributed by atoms with van der Waals surface area (Å²) in [5.41, 5.74) is 15.6. The zero-order valence-corrected chi connectivity index (χ0v) is 30.1. The van der Waals surface area contributed by atoms with Gasteiger partial charge in [0.15, 0.2) is 11.8 Å². The van der Waals surface area contributed by atoms with Crippen molar-refractivity contribution in [3.05, 3.63) is 83.9 Å². The fraction of sp³-hybridized carbons (Fsp3) is 0.297. The van der Waals surface area contributed by atoms with Crippen molar-refractivity contribution in [2.45, 2.75) is 60.0 Å². The fourth-order valence-electron chi connectivity index (χ4n) is 6.01. The number of nitrogens with zero attached hydrogens (tertiary/aromatic N) is 6. The molecule has 2 amide bonds. The number of primary amides is 2. The van der Waals surface area contributed by atoms with Crippen LogP contribution in [0.5, 0.6) is 11.5 Å². The van der Waals surface area contributed by atoms with E-state index in [2.05, 4.69) is 33.8 Å². The van der Waals surface area contributed by atoms with Crippen molar-refractivity contribution in [3.63, 3.8) is 0 Å². The third kappa shape index (κ3) is 7.42. The average molecular weight is 723 g/mol. The number of nitrogens with two attached hydrogens (primary N) is 2. The molecule has 4 heterocycles. The highest BCUT2D eigenvalue weighted by molar-refractivity contribution is 6.00. The molecule has 6 N–H and O–H groups in total. The monoisotopic (exact) mass is 722 g/mol. The van der Waals surface area contributed by atoms with E-state index >= 15 is 0 Å². The van der Waals surface area contributed by atoms with Gasteiger partial charge in [-0.1, -0.05) is 26.0 Å². The SMILES string of the molecule is C=CCn1c(Nc2oc(C)nc2CC)nc2cc(C(N)=O)cc(OCCCOc3cc(C(N)=O)cc4nc(Nc5oc(C)nc5CC)n(CC=C)c34)c21. The number of carbonyl (C=O) groups excluding carboxylic acids is 2. The van der Waals surface area contributed by atoms with Crippen LogP contribution in [0, 0.1) is 13.8 Å². The lowest BCUT2D eigenvalue weighted by Gasteiger charge is -2.14. The Kier molecular flexibility index (Phi) is 10.5. The Morgan fingerprint density at radius 3 is 1.51 bits per heavy atom. The number of aryl methyl sites for hydroxylation is 4. The van der Waals surface area contributed by atoms with E-state index in [1.165, 1.54) is 0 Å². The molecule has 0 aliphatic rings. The van der Waals surface area contributed by atoms with Gasteiger partial charge in [-0.15, -0.1) is 13.2 Å². The van der Waals surface area contributed by atoms with Crippen molar-refractivity contribution in [1.29, 1.82) is 0 Å². The van der Waals surface area contributed by atoms with Gasteiger partial charge >= 0.3 is 0 Å². The number of carbonyl (C=O) groups is 2. The van der Waals surface area contributed by atoms with Crippen LogP contribution < -0.4 is 31.6 Å². The molecule has 0 bridgehead atoms. The summed E-state index contributed by atoms with van der Waals surface area (Å²) in [7, 11) is 0. The zero-order valence-electron chi connectivity index (χ0n) is 30.1. The number of imidazole rings is 2. The molecule has 276 valence electrons. The summed E-state index contributed by atoms with van der Waals surface area (Å²) in [5, 5.41) is 6.49. The number of oxazole rings is 2. The lowest BCUT2D eigenvalue weighted by atomic mass is 10.1. The van der Waals surface area contributed by atoms with Crippen molar-refractivity contribution in [2.24, 2.45) is 11.5 Å². The Balaban J connectivity index is 1.26. The maximum Gasteiger partial charge on any atom is 0.248 e. The molecule has 0 fully saturated rings. The molecule has 2 aromatic carbocycles. The standard InChI is InChI=1S/C37H42N10O6/c1-7-12-46-30-26(42-36(46)44-34-24(9-3)40-20(5)52-34)16-22(32(38)48)18-28(30)50-14-11-15-51-29-19-23(33(39)49)17-27-31(29)47(13-8-2)37(43-27)45-35-25(10-4)41-21(6)53-35/h7-8,16-19H,1-2,9-15H2,3-6H3,(H2,38,48)(H2,39,49)(H,42,44)(H,43,45). The number of amides is 2. The highest BCUT2D eigenvalue weighted by Gasteiger charge is 2.22. The Labute approximate surface area is 304 Å². The van der Waals surface area contributed by atoms with E-state index < -0.39 is 11.8 Å². The largest absolute Gasteiger partial charge is 0.491 e. The molecule has 0 aliphatic carbocycles. The molecule has 0 saturated carbocycles. The number of ether oxygens (including phenoxy) is 2. The van der Waals surface area contributed by atoms with Gasteiger partial charge in [-0.05, 0) is 37.1 Å². The summed E-state index contributed by atoms with van der Waals surface area (Å²) < 4.78 is 27.9. The highest BCUT2D eigenvalue weighted by Crippen LogP contribution is 2.35. The van der Waals surface area contributed by atoms with Gasteiger partial charge in [0.2, 0.25) is 35.5 Å². The van der Waals surface area contributed by atoms with E-state index in [4.69, 9.17) is 39.7 Å². The van der Waals surface area contributed by atoms with Gasteiger partial charge < -0.3 is 38.9 Å². The quantitative estimate of drug-likeness (QED) is 0.0593. The van der Waals surface area contributed by atoms with E-state index in [0.29, 0.717) is 101 Å². The van der Waals surface area contributed by atoms with E-state index in [9.17, 15) is 9.59 Å². The number of nitrogens with one attached hydrogen (secondary N) is 2. The summed E-state index contributed by atoms with van der Waals surface area (Å²) in [5.74, 6) is 2.45. The number of allylic oxidation sites excluding steroid dienone is 2. The topological polar surface area (TPSA) is 216 Å². The lowest BCUT2D eigenvalue weighted by molar-refractivity contribution is 0.0991. The van der Waals surface area contributed by atoms with Gasteiger partial charge in [-0.3, -0.25) is 20.2 Å². The summed E-state index contributed by atoms with van der Waals surface area (Å²) in [4.78, 5) is 43.0. The van der Waals surface area contributed by atoms with E-state index in [-0.39, 0.29) is 24.3 Å². The predicted octanol–water partition coefficient (Wildman–Crippen LogP) is 6.01. The molecule has 53 heavy (non-hydrogen) atoms. The first-order valence-electron chi connectivity index (χ1n) is 17.2. The molecule has 0 spiro atoms. The summed E-state index contributed by atoms with van der Waals surface area (Å²) in [6.45, 7) is 16.5. The minimum absolute atomic E-state index is 0.197. The number of fused-ring (bicyclic) bond motifs is 2. The molecule has 0 unspecified atom stereocenters. The molecule has 16 nitrogen and oxygen atoms in total. The average Bonchev–Trinajstić information content (AvgIpc) is 3.87. The Hall–Kier alpha value is -6.58. The minimum Gasteiger partial charge on any atom is -0.491 e. The zero-order chi connectivity index (χ0) is 37.8. The second-order valence-corrected chi connectivity index (χ2v) is 12.1. The summed E-state index contributed by atoms with van der Waals surface area (Å²) >= 11 is 0. The Morgan fingerprint density at radius 2 is 1.15 bits per heavy atom. The molecular formula is C37H42N10O6. The molecule has 6 rings (SSSR count). The third-order valence-electron chi connectivity index (χ3n) is 8.34. The van der Waals surface area contributed by atoms with Gasteiger partial charge in [-0.25, -0.2) is 19.9 Å². The van der Waals surface area contributed by atoms with E-state index in [0.717, 1.165) is 11.4 Å². The lowest BCUT2D eigenvalue weighted by Crippen LogP contribution is -2.13. The molecule has 0 aliphatic heterocycles. The van der Waals surface area contributed by atoms with Crippen LogP contribution in [0.25, 0.3) is 22.1 Å². The summed E-state index contributed by atoms with van der Waals surface area (Å²) in [6.07, 6.45) is 5.18. The van der Waals surface area contributed by atoms with Crippen LogP contribution in [0.3, 0.4) is 0 Å². The maximum atomic E-state index is 12.3. The summed E-state index contributed by atoms with van der Waals surface area (Å²) in [6, 6.07) is 6.41. The van der Waals surface area contributed by atoms with Crippen LogP contribution >= 0.6 is 0 Å². The molecule has 4 aromatic heterocycles. The number of rotatable bonds is 18. The number of hydrogen-bond acceptors (Lipinski definition) is 12. The van der Waals surface area contributed by atoms with Crippen LogP contribution in [-0.4, -0.2) is 54.1 Å². The molecule has 0 atom stereocenters. The number of anilines is 4. The maximum absolute atomic E-state index is 12.3. The predicted molar refractivity (Wildman–Crippen MR) is 200 cm³/mol. The first kappa shape index (κ1) is 36.2. The number of aromatic nitrogens is 6. The molecule has 6 aromatic rings. The van der Waals surface area contributed by atoms with Crippen LogP contribution in [0.1, 0.15) is 64.2 Å². The van der Waals surface area contributed by atoms with Gasteiger partial charge in [0, 0.05) is 44.5 Å². The van der Waals surface area contributed by atoms with Crippen LogP contribution in [0.15, 0.2) is 58.4 Å². The second kappa shape index (κ2) is 15.3. The van der Waals surface area contributed by atoms with Gasteiger partial charge in [0.05, 0.1) is 24.2 Å². The van der Waals surface area contributed by atoms with Crippen LogP contribution in [0.2, 0.25) is 0 Å². The smallest absolute Gasteiger partial charge is 0.248 e. The number of benzene rings is 2. The Morgan fingerprint density at radius 1 is 0.736 bits per heavy atom. The Bertz CT molecular complexity index is 2180. The normalized spacial score (nSPS) is 11.2. The van der Waals surface area contributed by atoms with E-state index in [1.807, 2.05) is 23.0 Å². The fourth-order valence-corrected chi connectivity index (χ4v) is 6.01. The van der Waals surface area contributed by atoms with Crippen molar-refractivity contribution >= 4 is 57.5 Å². The van der Waals surface area contributed by atoms with Crippen LogP contribution in [-0.2, 0) is 25.9 Å². The highest BCUT2D eigenvalue weighted by atomic mass is 16.5. The van der Waals surface area contributed by atoms with E-state index in [1.54, 1.807) is 50.3 Å². The molecule has 16 heteroatoms. The van der Waals surface area contributed by atoms with Gasteiger partial charge in [0.1, 0.15) is 33.9 Å². The molecule has 0 radical (unpaired) electrons. The first-order chi connectivity index (χ1) is 25.5. The molecular weight excluding hydrogens is 680 g/mol. The van der Waals surface area contributed by atoms with Crippen molar-refractivity contribution in [3.8, 4) is 11.5 Å². The van der Waals surface area contributed by atoms with Crippen LogP contribution in [0.4, 0.5) is 23.7 Å². The van der Waals surface area contributed by atoms with Crippen molar-refractivity contribution in [2.75, 3.05) is 23.8 Å². The minimum atomic E-state index is -0.625. The van der Waals surface area contributed by atoms with Crippen molar-refractivity contribution in [1.82, 2.24) is 29.1 Å². The van der Waals surface area contributed by atoms with Gasteiger partial charge in [-0.2, -0.15) is 0 Å². The molecule has 0 saturated heterocycles. The first-order valence-corrected chi connectivity index (χ1v) is 17.2. The third-order valence-corrected chi connectivity index (χ3v) is 8.34. The van der Waals surface area contributed by atoms with Crippen molar-refractivity contribution < 1.29 is 27.9 Å². The second-order valence-electron chi connectivity index (χ2n) is 12.1. The number of hydrogen-bond donors (Lipinski definition) is 4. The van der Waals surface area contributed by atoms with Gasteiger partial charge in [0.25, 0.3) is 0 Å².